The fourth-order valence-corrected chi connectivity index (χ4v) is 1.98. The Hall–Kier alpha value is -2.53. The SMILES string of the molecule is CCOC(=O)C(Oc1ccccc1O)C(O)c1ccccc1. The van der Waals surface area contributed by atoms with E-state index in [1.54, 1.807) is 49.4 Å². The van der Waals surface area contributed by atoms with Crippen LogP contribution in [0.1, 0.15) is 18.6 Å². The van der Waals surface area contributed by atoms with E-state index in [2.05, 4.69) is 0 Å². The lowest BCUT2D eigenvalue weighted by molar-refractivity contribution is -0.157. The van der Waals surface area contributed by atoms with Crippen molar-refractivity contribution in [2.24, 2.45) is 0 Å². The summed E-state index contributed by atoms with van der Waals surface area (Å²) >= 11 is 0. The highest BCUT2D eigenvalue weighted by Crippen LogP contribution is 2.29. The smallest absolute Gasteiger partial charge is 0.350 e. The molecule has 2 aromatic carbocycles. The number of phenolic OH excluding ortho intramolecular Hbond substituents is 1. The number of aliphatic hydroxyl groups excluding tert-OH is 1. The molecule has 5 nitrogen and oxygen atoms in total. The minimum atomic E-state index is -1.27. The second kappa shape index (κ2) is 7.47. The van der Waals surface area contributed by atoms with Gasteiger partial charge in [0, 0.05) is 0 Å². The molecule has 0 saturated carbocycles. The van der Waals surface area contributed by atoms with Gasteiger partial charge in [0.2, 0.25) is 6.10 Å². The van der Waals surface area contributed by atoms with Gasteiger partial charge in [-0.25, -0.2) is 4.79 Å². The van der Waals surface area contributed by atoms with Gasteiger partial charge < -0.3 is 19.7 Å². The standard InChI is InChI=1S/C17H18O5/c1-2-21-17(20)16(15(19)12-8-4-3-5-9-12)22-14-11-7-6-10-13(14)18/h3-11,15-16,18-19H,2H2,1H3. The molecule has 0 heterocycles. The number of aromatic hydroxyl groups is 1. The first-order valence-electron chi connectivity index (χ1n) is 6.97. The third-order valence-electron chi connectivity index (χ3n) is 3.07. The zero-order valence-corrected chi connectivity index (χ0v) is 12.2. The van der Waals surface area contributed by atoms with Crippen LogP contribution in [0.25, 0.3) is 0 Å². The van der Waals surface area contributed by atoms with E-state index in [4.69, 9.17) is 9.47 Å². The number of rotatable bonds is 6. The Kier molecular flexibility index (Phi) is 5.38. The van der Waals surface area contributed by atoms with Crippen LogP contribution in [0.2, 0.25) is 0 Å². The van der Waals surface area contributed by atoms with Crippen LogP contribution >= 0.6 is 0 Å². The molecule has 22 heavy (non-hydrogen) atoms. The van der Waals surface area contributed by atoms with Crippen molar-refractivity contribution in [2.75, 3.05) is 6.61 Å². The van der Waals surface area contributed by atoms with E-state index >= 15 is 0 Å². The van der Waals surface area contributed by atoms with Crippen LogP contribution in [0.5, 0.6) is 11.5 Å². The number of aliphatic hydroxyl groups is 1. The summed E-state index contributed by atoms with van der Waals surface area (Å²) in [5, 5.41) is 20.2. The number of ether oxygens (including phenoxy) is 2. The molecule has 0 aliphatic carbocycles. The summed E-state index contributed by atoms with van der Waals surface area (Å²) in [7, 11) is 0. The zero-order chi connectivity index (χ0) is 15.9. The van der Waals surface area contributed by atoms with Gasteiger partial charge in [0.05, 0.1) is 6.61 Å². The Morgan fingerprint density at radius 1 is 1.09 bits per heavy atom. The number of para-hydroxylation sites is 2. The van der Waals surface area contributed by atoms with Crippen LogP contribution in [0.15, 0.2) is 54.6 Å². The average molecular weight is 302 g/mol. The van der Waals surface area contributed by atoms with Crippen LogP contribution in [0.3, 0.4) is 0 Å². The molecule has 2 unspecified atom stereocenters. The fourth-order valence-electron chi connectivity index (χ4n) is 1.98. The number of carbonyl (C=O) groups excluding carboxylic acids is 1. The Bertz CT molecular complexity index is 611. The minimum Gasteiger partial charge on any atom is -0.504 e. The predicted molar refractivity (Wildman–Crippen MR) is 80.6 cm³/mol. The summed E-state index contributed by atoms with van der Waals surface area (Å²) < 4.78 is 10.5. The van der Waals surface area contributed by atoms with E-state index in [9.17, 15) is 15.0 Å². The summed E-state index contributed by atoms with van der Waals surface area (Å²) in [6, 6.07) is 14.9. The number of hydrogen-bond donors (Lipinski definition) is 2. The molecule has 0 fully saturated rings. The van der Waals surface area contributed by atoms with Gasteiger partial charge in [-0.2, -0.15) is 0 Å². The van der Waals surface area contributed by atoms with E-state index in [0.29, 0.717) is 5.56 Å². The second-order valence-corrected chi connectivity index (χ2v) is 4.61. The lowest BCUT2D eigenvalue weighted by Gasteiger charge is -2.23. The highest BCUT2D eigenvalue weighted by atomic mass is 16.6. The largest absolute Gasteiger partial charge is 0.504 e. The van der Waals surface area contributed by atoms with Gasteiger partial charge in [-0.15, -0.1) is 0 Å². The van der Waals surface area contributed by atoms with Gasteiger partial charge in [-0.3, -0.25) is 0 Å². The molecule has 0 amide bonds. The maximum Gasteiger partial charge on any atom is 0.350 e. The van der Waals surface area contributed by atoms with E-state index < -0.39 is 18.2 Å². The first-order valence-corrected chi connectivity index (χ1v) is 6.97. The molecule has 2 N–H and O–H groups in total. The Labute approximate surface area is 128 Å². The van der Waals surface area contributed by atoms with Gasteiger partial charge in [0.1, 0.15) is 6.10 Å². The van der Waals surface area contributed by atoms with Crippen molar-refractivity contribution in [3.63, 3.8) is 0 Å². The molecular formula is C17H18O5. The van der Waals surface area contributed by atoms with Crippen LogP contribution in [-0.2, 0) is 9.53 Å². The lowest BCUT2D eigenvalue weighted by atomic mass is 10.0. The number of benzene rings is 2. The van der Waals surface area contributed by atoms with Gasteiger partial charge in [-0.1, -0.05) is 42.5 Å². The van der Waals surface area contributed by atoms with Crippen molar-refractivity contribution in [3.8, 4) is 11.5 Å². The third-order valence-corrected chi connectivity index (χ3v) is 3.07. The normalized spacial score (nSPS) is 13.2. The molecule has 0 radical (unpaired) electrons. The highest BCUT2D eigenvalue weighted by Gasteiger charge is 2.32. The number of hydrogen-bond acceptors (Lipinski definition) is 5. The molecular weight excluding hydrogens is 284 g/mol. The fraction of sp³-hybridized carbons (Fsp3) is 0.235. The molecule has 0 aromatic heterocycles. The summed E-state index contributed by atoms with van der Waals surface area (Å²) in [6.07, 6.45) is -2.48. The first kappa shape index (κ1) is 15.9. The van der Waals surface area contributed by atoms with E-state index in [1.165, 1.54) is 12.1 Å². The number of esters is 1. The Balaban J connectivity index is 2.27. The lowest BCUT2D eigenvalue weighted by Crippen LogP contribution is -2.35. The van der Waals surface area contributed by atoms with Gasteiger partial charge in [-0.05, 0) is 24.6 Å². The molecule has 0 aliphatic rings. The summed E-state index contributed by atoms with van der Waals surface area (Å²) in [4.78, 5) is 12.1. The van der Waals surface area contributed by atoms with Crippen LogP contribution in [0.4, 0.5) is 0 Å². The van der Waals surface area contributed by atoms with Gasteiger partial charge in [0.25, 0.3) is 0 Å². The van der Waals surface area contributed by atoms with E-state index in [1.807, 2.05) is 0 Å². The molecule has 116 valence electrons. The topological polar surface area (TPSA) is 76.0 Å². The third kappa shape index (κ3) is 3.77. The maximum absolute atomic E-state index is 12.1. The highest BCUT2D eigenvalue weighted by molar-refractivity contribution is 5.76. The molecule has 2 aromatic rings. The number of phenols is 1. The summed E-state index contributed by atoms with van der Waals surface area (Å²) in [6.45, 7) is 1.84. The Morgan fingerprint density at radius 2 is 1.73 bits per heavy atom. The van der Waals surface area contributed by atoms with Crippen molar-refractivity contribution >= 4 is 5.97 Å². The zero-order valence-electron chi connectivity index (χ0n) is 12.2. The van der Waals surface area contributed by atoms with Gasteiger partial charge in [0.15, 0.2) is 11.5 Å². The monoisotopic (exact) mass is 302 g/mol. The quantitative estimate of drug-likeness (QED) is 0.802. The second-order valence-electron chi connectivity index (χ2n) is 4.61. The number of carbonyl (C=O) groups is 1. The van der Waals surface area contributed by atoms with Gasteiger partial charge >= 0.3 is 5.97 Å². The summed E-state index contributed by atoms with van der Waals surface area (Å²) in [5.74, 6) is -0.699. The van der Waals surface area contributed by atoms with E-state index in [0.717, 1.165) is 0 Å². The molecule has 2 atom stereocenters. The average Bonchev–Trinajstić information content (AvgIpc) is 2.54. The van der Waals surface area contributed by atoms with E-state index in [-0.39, 0.29) is 18.1 Å². The molecule has 0 aliphatic heterocycles. The predicted octanol–water partition coefficient (Wildman–Crippen LogP) is 2.44. The van der Waals surface area contributed by atoms with Crippen molar-refractivity contribution in [3.05, 3.63) is 60.2 Å². The van der Waals surface area contributed by atoms with Crippen molar-refractivity contribution in [2.45, 2.75) is 19.1 Å². The molecule has 2 rings (SSSR count). The first-order chi connectivity index (χ1) is 10.6. The molecule has 0 saturated heterocycles. The summed E-state index contributed by atoms with van der Waals surface area (Å²) in [5.41, 5.74) is 0.524. The van der Waals surface area contributed by atoms with Crippen LogP contribution in [-0.4, -0.2) is 28.9 Å². The minimum absolute atomic E-state index is 0.107. The molecule has 5 heteroatoms. The Morgan fingerprint density at radius 3 is 2.36 bits per heavy atom. The molecule has 0 spiro atoms. The molecule has 0 bridgehead atoms. The van der Waals surface area contributed by atoms with Crippen LogP contribution in [0, 0.1) is 0 Å². The maximum atomic E-state index is 12.1. The van der Waals surface area contributed by atoms with Crippen molar-refractivity contribution in [1.82, 2.24) is 0 Å². The van der Waals surface area contributed by atoms with Crippen molar-refractivity contribution < 1.29 is 24.5 Å². The van der Waals surface area contributed by atoms with Crippen molar-refractivity contribution in [1.29, 1.82) is 0 Å². The van der Waals surface area contributed by atoms with Crippen LogP contribution < -0.4 is 4.74 Å².